The Morgan fingerprint density at radius 2 is 1.65 bits per heavy atom. The molecule has 3 aromatic carbocycles. The summed E-state index contributed by atoms with van der Waals surface area (Å²) in [6.45, 7) is 1.41. The molecule has 0 saturated heterocycles. The van der Waals surface area contributed by atoms with Gasteiger partial charge in [0.05, 0.1) is 31.0 Å². The summed E-state index contributed by atoms with van der Waals surface area (Å²) >= 11 is 5.90. The Morgan fingerprint density at radius 1 is 1.00 bits per heavy atom. The highest BCUT2D eigenvalue weighted by Crippen LogP contribution is 2.27. The fraction of sp³-hybridized carbons (Fsp3) is 0.167. The number of hydrazone groups is 1. The van der Waals surface area contributed by atoms with Crippen LogP contribution in [0, 0.1) is 6.92 Å². The molecule has 0 aliphatic rings. The van der Waals surface area contributed by atoms with Crippen molar-refractivity contribution in [2.75, 3.05) is 25.1 Å². The summed E-state index contributed by atoms with van der Waals surface area (Å²) in [5.74, 6) is 0.456. The summed E-state index contributed by atoms with van der Waals surface area (Å²) in [6.07, 6.45) is 1.42. The first-order valence-electron chi connectivity index (χ1n) is 10.1. The van der Waals surface area contributed by atoms with E-state index in [1.54, 1.807) is 42.5 Å². The van der Waals surface area contributed by atoms with Gasteiger partial charge < -0.3 is 9.47 Å². The maximum absolute atomic E-state index is 13.3. The second-order valence-electron chi connectivity index (χ2n) is 7.21. The van der Waals surface area contributed by atoms with Crippen LogP contribution in [0.4, 0.5) is 5.69 Å². The summed E-state index contributed by atoms with van der Waals surface area (Å²) in [5, 5.41) is 4.35. The van der Waals surface area contributed by atoms with Crippen molar-refractivity contribution in [2.24, 2.45) is 5.10 Å². The highest BCUT2D eigenvalue weighted by molar-refractivity contribution is 7.92. The maximum atomic E-state index is 13.3. The number of ether oxygens (including phenoxy) is 2. The van der Waals surface area contributed by atoms with Crippen molar-refractivity contribution in [2.45, 2.75) is 11.8 Å². The summed E-state index contributed by atoms with van der Waals surface area (Å²) < 4.78 is 38.1. The largest absolute Gasteiger partial charge is 0.493 e. The van der Waals surface area contributed by atoms with Crippen LogP contribution < -0.4 is 19.2 Å². The molecule has 0 aliphatic heterocycles. The number of benzene rings is 3. The second-order valence-corrected chi connectivity index (χ2v) is 9.51. The molecule has 10 heteroatoms. The number of aryl methyl sites for hydroxylation is 1. The lowest BCUT2D eigenvalue weighted by molar-refractivity contribution is -0.119. The number of nitrogens with zero attached hydrogens (tertiary/aromatic N) is 2. The lowest BCUT2D eigenvalue weighted by Gasteiger charge is -2.23. The Hall–Kier alpha value is -3.56. The van der Waals surface area contributed by atoms with Crippen molar-refractivity contribution in [3.63, 3.8) is 0 Å². The van der Waals surface area contributed by atoms with E-state index in [0.29, 0.717) is 27.8 Å². The summed E-state index contributed by atoms with van der Waals surface area (Å²) in [5.41, 5.74) is 4.33. The molecule has 178 valence electrons. The van der Waals surface area contributed by atoms with Crippen molar-refractivity contribution in [3.8, 4) is 11.5 Å². The zero-order valence-electron chi connectivity index (χ0n) is 18.9. The average Bonchev–Trinajstić information content (AvgIpc) is 2.83. The third-order valence-electron chi connectivity index (χ3n) is 4.82. The Balaban J connectivity index is 1.81. The minimum atomic E-state index is -4.04. The van der Waals surface area contributed by atoms with Crippen molar-refractivity contribution < 1.29 is 22.7 Å². The fourth-order valence-corrected chi connectivity index (χ4v) is 4.58. The predicted octanol–water partition coefficient (Wildman–Crippen LogP) is 4.01. The van der Waals surface area contributed by atoms with Gasteiger partial charge in [0.15, 0.2) is 11.5 Å². The first-order chi connectivity index (χ1) is 16.2. The quantitative estimate of drug-likeness (QED) is 0.353. The van der Waals surface area contributed by atoms with E-state index in [0.717, 1.165) is 9.87 Å². The standard InChI is InChI=1S/C24H24ClN3O5S/c1-17-4-9-20(10-5-17)28(34(30,31)21-11-7-19(25)8-12-21)16-24(29)27-26-15-18-6-13-22(32-2)23(14-18)33-3/h4-15H,16H2,1-3H3,(H,27,29)/b26-15-. The zero-order chi connectivity index (χ0) is 24.7. The Morgan fingerprint density at radius 3 is 2.26 bits per heavy atom. The van der Waals surface area contributed by atoms with Crippen molar-refractivity contribution in [1.29, 1.82) is 0 Å². The number of rotatable bonds is 9. The smallest absolute Gasteiger partial charge is 0.264 e. The Labute approximate surface area is 203 Å². The van der Waals surface area contributed by atoms with Gasteiger partial charge in [-0.05, 0) is 67.1 Å². The van der Waals surface area contributed by atoms with Gasteiger partial charge in [0.1, 0.15) is 6.54 Å². The van der Waals surface area contributed by atoms with Gasteiger partial charge in [-0.2, -0.15) is 5.10 Å². The van der Waals surface area contributed by atoms with Crippen LogP contribution in [0.2, 0.25) is 5.02 Å². The van der Waals surface area contributed by atoms with Gasteiger partial charge in [0.25, 0.3) is 15.9 Å². The van der Waals surface area contributed by atoms with Crippen LogP contribution >= 0.6 is 11.6 Å². The van der Waals surface area contributed by atoms with Gasteiger partial charge in [-0.25, -0.2) is 13.8 Å². The molecule has 0 unspecified atom stereocenters. The first kappa shape index (κ1) is 25.1. The topological polar surface area (TPSA) is 97.3 Å². The van der Waals surface area contributed by atoms with E-state index in [1.165, 1.54) is 44.7 Å². The van der Waals surface area contributed by atoms with Crippen molar-refractivity contribution in [1.82, 2.24) is 5.43 Å². The van der Waals surface area contributed by atoms with E-state index in [9.17, 15) is 13.2 Å². The number of carbonyl (C=O) groups excluding carboxylic acids is 1. The van der Waals surface area contributed by atoms with Crippen molar-refractivity contribution in [3.05, 3.63) is 82.9 Å². The molecule has 0 aromatic heterocycles. The Bertz CT molecular complexity index is 1280. The number of hydrogen-bond donors (Lipinski definition) is 1. The van der Waals surface area contributed by atoms with Gasteiger partial charge in [-0.15, -0.1) is 0 Å². The van der Waals surface area contributed by atoms with Gasteiger partial charge in [-0.3, -0.25) is 9.10 Å². The molecule has 8 nitrogen and oxygen atoms in total. The number of methoxy groups -OCH3 is 2. The molecule has 1 N–H and O–H groups in total. The SMILES string of the molecule is COc1ccc(/C=N\NC(=O)CN(c2ccc(C)cc2)S(=O)(=O)c2ccc(Cl)cc2)cc1OC. The maximum Gasteiger partial charge on any atom is 0.264 e. The summed E-state index contributed by atoms with van der Waals surface area (Å²) in [6, 6.07) is 17.7. The van der Waals surface area contributed by atoms with Crippen LogP contribution in [0.15, 0.2) is 76.7 Å². The van der Waals surface area contributed by atoms with E-state index in [2.05, 4.69) is 10.5 Å². The van der Waals surface area contributed by atoms with Crippen LogP contribution in [0.3, 0.4) is 0 Å². The molecule has 34 heavy (non-hydrogen) atoms. The highest BCUT2D eigenvalue weighted by Gasteiger charge is 2.27. The van der Waals surface area contributed by atoms with E-state index < -0.39 is 22.5 Å². The molecule has 1 amide bonds. The number of hydrogen-bond acceptors (Lipinski definition) is 6. The van der Waals surface area contributed by atoms with Crippen LogP contribution in [0.1, 0.15) is 11.1 Å². The van der Waals surface area contributed by atoms with Gasteiger partial charge in [-0.1, -0.05) is 29.3 Å². The van der Waals surface area contributed by atoms with Gasteiger partial charge in [0, 0.05) is 5.02 Å². The molecular weight excluding hydrogens is 478 g/mol. The third kappa shape index (κ3) is 6.06. The normalized spacial score (nSPS) is 11.3. The minimum Gasteiger partial charge on any atom is -0.493 e. The number of sulfonamides is 1. The molecule has 0 bridgehead atoms. The minimum absolute atomic E-state index is 0.0131. The molecule has 0 spiro atoms. The first-order valence-corrected chi connectivity index (χ1v) is 12.0. The lowest BCUT2D eigenvalue weighted by Crippen LogP contribution is -2.39. The third-order valence-corrected chi connectivity index (χ3v) is 6.86. The van der Waals surface area contributed by atoms with Crippen molar-refractivity contribution >= 4 is 39.4 Å². The molecule has 0 atom stereocenters. The van der Waals surface area contributed by atoms with Gasteiger partial charge >= 0.3 is 0 Å². The predicted molar refractivity (Wildman–Crippen MR) is 132 cm³/mol. The zero-order valence-corrected chi connectivity index (χ0v) is 20.4. The van der Waals surface area contributed by atoms with E-state index in [1.807, 2.05) is 6.92 Å². The summed E-state index contributed by atoms with van der Waals surface area (Å²) in [7, 11) is -0.994. The van der Waals surface area contributed by atoms with Crippen LogP contribution in [-0.2, 0) is 14.8 Å². The number of amides is 1. The van der Waals surface area contributed by atoms with E-state index >= 15 is 0 Å². The fourth-order valence-electron chi connectivity index (χ4n) is 3.04. The number of carbonyl (C=O) groups is 1. The molecular formula is C24H24ClN3O5S. The lowest BCUT2D eigenvalue weighted by atomic mass is 10.2. The second kappa shape index (κ2) is 11.0. The average molecular weight is 502 g/mol. The van der Waals surface area contributed by atoms with Crippen LogP contribution in [0.25, 0.3) is 0 Å². The van der Waals surface area contributed by atoms with E-state index in [-0.39, 0.29) is 4.90 Å². The number of anilines is 1. The number of nitrogens with one attached hydrogen (secondary N) is 1. The van der Waals surface area contributed by atoms with Gasteiger partial charge in [0.2, 0.25) is 0 Å². The number of halogens is 1. The molecule has 0 saturated carbocycles. The Kier molecular flexibility index (Phi) is 8.14. The molecule has 0 heterocycles. The molecule has 3 rings (SSSR count). The molecule has 3 aromatic rings. The molecule has 0 radical (unpaired) electrons. The van der Waals surface area contributed by atoms with Crippen LogP contribution in [-0.4, -0.2) is 41.3 Å². The molecule has 0 aliphatic carbocycles. The monoisotopic (exact) mass is 501 g/mol. The summed E-state index contributed by atoms with van der Waals surface area (Å²) in [4.78, 5) is 12.7. The van der Waals surface area contributed by atoms with Crippen LogP contribution in [0.5, 0.6) is 11.5 Å². The molecule has 0 fully saturated rings. The highest BCUT2D eigenvalue weighted by atomic mass is 35.5. The van der Waals surface area contributed by atoms with E-state index in [4.69, 9.17) is 21.1 Å².